The number of nitrogens with one attached hydrogen (secondary N) is 1. The maximum Gasteiger partial charge on any atom is 0.317 e. The number of carbonyl (C=O) groups is 2. The third-order valence-corrected chi connectivity index (χ3v) is 3.08. The summed E-state index contributed by atoms with van der Waals surface area (Å²) in [7, 11) is 1.56. The number of ether oxygens (including phenoxy) is 1. The van der Waals surface area contributed by atoms with E-state index in [0.717, 1.165) is 6.42 Å². The smallest absolute Gasteiger partial charge is 0.317 e. The fraction of sp³-hybridized carbons (Fsp3) is 0.818. The lowest BCUT2D eigenvalue weighted by Gasteiger charge is -2.37. The van der Waals surface area contributed by atoms with Crippen molar-refractivity contribution in [3.05, 3.63) is 0 Å². The summed E-state index contributed by atoms with van der Waals surface area (Å²) in [6, 6.07) is -0.214. The van der Waals surface area contributed by atoms with E-state index < -0.39 is 11.4 Å². The molecular weight excluding hydrogens is 224 g/mol. The van der Waals surface area contributed by atoms with Crippen LogP contribution in [0.5, 0.6) is 0 Å². The van der Waals surface area contributed by atoms with Crippen LogP contribution >= 0.6 is 0 Å². The molecule has 1 unspecified atom stereocenters. The van der Waals surface area contributed by atoms with Crippen molar-refractivity contribution in [3.8, 4) is 0 Å². The van der Waals surface area contributed by atoms with Gasteiger partial charge in [0, 0.05) is 26.7 Å². The van der Waals surface area contributed by atoms with Crippen molar-refractivity contribution >= 4 is 12.0 Å². The fourth-order valence-electron chi connectivity index (χ4n) is 1.96. The van der Waals surface area contributed by atoms with Gasteiger partial charge in [-0.3, -0.25) is 4.79 Å². The number of urea groups is 1. The largest absolute Gasteiger partial charge is 0.481 e. The quantitative estimate of drug-likeness (QED) is 0.707. The van der Waals surface area contributed by atoms with Crippen molar-refractivity contribution in [2.24, 2.45) is 5.41 Å². The topological polar surface area (TPSA) is 78.9 Å². The summed E-state index contributed by atoms with van der Waals surface area (Å²) in [5.74, 6) is -0.841. The molecule has 98 valence electrons. The van der Waals surface area contributed by atoms with E-state index in [1.807, 2.05) is 0 Å². The number of amides is 2. The molecule has 0 aromatic rings. The van der Waals surface area contributed by atoms with E-state index in [9.17, 15) is 9.59 Å². The molecule has 2 amide bonds. The molecule has 1 aliphatic heterocycles. The van der Waals surface area contributed by atoms with Gasteiger partial charge < -0.3 is 20.1 Å². The number of hydrogen-bond donors (Lipinski definition) is 2. The number of piperidine rings is 1. The second kappa shape index (κ2) is 5.86. The molecule has 0 radical (unpaired) electrons. The van der Waals surface area contributed by atoms with Gasteiger partial charge >= 0.3 is 12.0 Å². The molecule has 1 saturated heterocycles. The zero-order valence-electron chi connectivity index (χ0n) is 10.4. The summed E-state index contributed by atoms with van der Waals surface area (Å²) in [5, 5.41) is 11.8. The van der Waals surface area contributed by atoms with Gasteiger partial charge in [0.05, 0.1) is 12.0 Å². The minimum absolute atomic E-state index is 0.214. The zero-order valence-corrected chi connectivity index (χ0v) is 10.4. The highest BCUT2D eigenvalue weighted by Gasteiger charge is 2.39. The lowest BCUT2D eigenvalue weighted by Crippen LogP contribution is -2.51. The summed E-state index contributed by atoms with van der Waals surface area (Å²) in [4.78, 5) is 24.4. The standard InChI is InChI=1S/C11H20N2O4/c1-11(9(14)15)4-3-6-13(8-11)10(16)12-5-7-17-2/h3-8H2,1-2H3,(H,12,16)(H,14,15). The van der Waals surface area contributed by atoms with Crippen LogP contribution < -0.4 is 5.32 Å². The van der Waals surface area contributed by atoms with Crippen LogP contribution in [0.3, 0.4) is 0 Å². The first kappa shape index (κ1) is 13.8. The molecule has 0 spiro atoms. The normalized spacial score (nSPS) is 24.5. The number of aliphatic carboxylic acids is 1. The third-order valence-electron chi connectivity index (χ3n) is 3.08. The fourth-order valence-corrected chi connectivity index (χ4v) is 1.96. The summed E-state index contributed by atoms with van der Waals surface area (Å²) in [6.45, 7) is 3.46. The van der Waals surface area contributed by atoms with Crippen LogP contribution in [0.2, 0.25) is 0 Å². The summed E-state index contributed by atoms with van der Waals surface area (Å²) >= 11 is 0. The van der Waals surface area contributed by atoms with E-state index in [0.29, 0.717) is 26.1 Å². The molecule has 17 heavy (non-hydrogen) atoms. The molecule has 0 aromatic heterocycles. The predicted octanol–water partition coefficient (Wildman–Crippen LogP) is 0.529. The molecule has 1 aliphatic rings. The number of carboxylic acid groups (broad SMARTS) is 1. The molecule has 0 saturated carbocycles. The first-order chi connectivity index (χ1) is 7.99. The maximum atomic E-state index is 11.7. The SMILES string of the molecule is COCCNC(=O)N1CCCC(C)(C(=O)O)C1. The minimum atomic E-state index is -0.841. The Morgan fingerprint density at radius 3 is 2.82 bits per heavy atom. The van der Waals surface area contributed by atoms with Crippen LogP contribution in [0.25, 0.3) is 0 Å². The van der Waals surface area contributed by atoms with Crippen LogP contribution in [0, 0.1) is 5.41 Å². The van der Waals surface area contributed by atoms with Crippen molar-refractivity contribution in [1.29, 1.82) is 0 Å². The number of rotatable bonds is 4. The molecular formula is C11H20N2O4. The van der Waals surface area contributed by atoms with Crippen molar-refractivity contribution in [3.63, 3.8) is 0 Å². The molecule has 6 heteroatoms. The van der Waals surface area contributed by atoms with E-state index in [4.69, 9.17) is 9.84 Å². The predicted molar refractivity (Wildman–Crippen MR) is 61.8 cm³/mol. The van der Waals surface area contributed by atoms with Crippen molar-refractivity contribution in [2.45, 2.75) is 19.8 Å². The summed E-state index contributed by atoms with van der Waals surface area (Å²) in [5.41, 5.74) is -0.823. The van der Waals surface area contributed by atoms with Crippen molar-refractivity contribution in [2.75, 3.05) is 33.4 Å². The average molecular weight is 244 g/mol. The van der Waals surface area contributed by atoms with E-state index in [2.05, 4.69) is 5.32 Å². The van der Waals surface area contributed by atoms with Crippen LogP contribution in [0.15, 0.2) is 0 Å². The van der Waals surface area contributed by atoms with Gasteiger partial charge in [-0.25, -0.2) is 4.79 Å². The molecule has 0 aliphatic carbocycles. The van der Waals surface area contributed by atoms with Gasteiger partial charge in [-0.05, 0) is 19.8 Å². The number of carbonyl (C=O) groups excluding carboxylic acids is 1. The molecule has 1 heterocycles. The maximum absolute atomic E-state index is 11.7. The van der Waals surface area contributed by atoms with Gasteiger partial charge in [0.25, 0.3) is 0 Å². The third kappa shape index (κ3) is 3.59. The average Bonchev–Trinajstić information content (AvgIpc) is 2.29. The lowest BCUT2D eigenvalue weighted by atomic mass is 9.82. The molecule has 6 nitrogen and oxygen atoms in total. The number of carboxylic acids is 1. The highest BCUT2D eigenvalue weighted by Crippen LogP contribution is 2.29. The van der Waals surface area contributed by atoms with Crippen LogP contribution in [0.4, 0.5) is 4.79 Å². The van der Waals surface area contributed by atoms with Crippen LogP contribution in [-0.4, -0.2) is 55.4 Å². The number of nitrogens with zero attached hydrogens (tertiary/aromatic N) is 1. The Kier molecular flexibility index (Phi) is 4.74. The zero-order chi connectivity index (χ0) is 12.9. The molecule has 1 fully saturated rings. The molecule has 0 aromatic carbocycles. The van der Waals surface area contributed by atoms with Gasteiger partial charge in [-0.1, -0.05) is 0 Å². The Bertz CT molecular complexity index is 295. The lowest BCUT2D eigenvalue weighted by molar-refractivity contribution is -0.150. The Labute approximate surface area is 101 Å². The van der Waals surface area contributed by atoms with E-state index >= 15 is 0 Å². The Morgan fingerprint density at radius 1 is 1.53 bits per heavy atom. The minimum Gasteiger partial charge on any atom is -0.481 e. The molecule has 2 N–H and O–H groups in total. The molecule has 1 rings (SSSR count). The number of methoxy groups -OCH3 is 1. The van der Waals surface area contributed by atoms with Crippen molar-refractivity contribution in [1.82, 2.24) is 10.2 Å². The van der Waals surface area contributed by atoms with Gasteiger partial charge in [0.15, 0.2) is 0 Å². The monoisotopic (exact) mass is 244 g/mol. The second-order valence-corrected chi connectivity index (χ2v) is 4.62. The Morgan fingerprint density at radius 2 is 2.24 bits per heavy atom. The number of likely N-dealkylation sites (tertiary alicyclic amines) is 1. The summed E-state index contributed by atoms with van der Waals surface area (Å²) < 4.78 is 4.83. The Balaban J connectivity index is 2.49. The first-order valence-electron chi connectivity index (χ1n) is 5.75. The van der Waals surface area contributed by atoms with E-state index in [-0.39, 0.29) is 12.6 Å². The van der Waals surface area contributed by atoms with E-state index in [1.165, 1.54) is 0 Å². The van der Waals surface area contributed by atoms with Gasteiger partial charge in [-0.2, -0.15) is 0 Å². The van der Waals surface area contributed by atoms with Crippen LogP contribution in [0.1, 0.15) is 19.8 Å². The molecule has 0 bridgehead atoms. The highest BCUT2D eigenvalue weighted by molar-refractivity contribution is 5.78. The van der Waals surface area contributed by atoms with Gasteiger partial charge in [-0.15, -0.1) is 0 Å². The van der Waals surface area contributed by atoms with Gasteiger partial charge in [0.1, 0.15) is 0 Å². The highest BCUT2D eigenvalue weighted by atomic mass is 16.5. The van der Waals surface area contributed by atoms with Crippen LogP contribution in [-0.2, 0) is 9.53 Å². The summed E-state index contributed by atoms with van der Waals surface area (Å²) in [6.07, 6.45) is 1.34. The number of hydrogen-bond acceptors (Lipinski definition) is 3. The van der Waals surface area contributed by atoms with Gasteiger partial charge in [0.2, 0.25) is 0 Å². The first-order valence-corrected chi connectivity index (χ1v) is 5.75. The Hall–Kier alpha value is -1.30. The van der Waals surface area contributed by atoms with Crippen molar-refractivity contribution < 1.29 is 19.4 Å². The molecule has 1 atom stereocenters. The second-order valence-electron chi connectivity index (χ2n) is 4.62. The van der Waals surface area contributed by atoms with E-state index in [1.54, 1.807) is 18.9 Å².